The van der Waals surface area contributed by atoms with Crippen LogP contribution in [0.25, 0.3) is 0 Å². The van der Waals surface area contributed by atoms with Crippen LogP contribution in [0.2, 0.25) is 0 Å². The maximum Gasteiger partial charge on any atom is 0.150 e. The Labute approximate surface area is 126 Å². The largest absolute Gasteiger partial charge is 0.493 e. The number of ether oxygens (including phenoxy) is 2. The Morgan fingerprint density at radius 3 is 2.95 bits per heavy atom. The van der Waals surface area contributed by atoms with E-state index in [1.165, 1.54) is 6.07 Å². The molecule has 5 heteroatoms. The minimum Gasteiger partial charge on any atom is -0.493 e. The van der Waals surface area contributed by atoms with Gasteiger partial charge < -0.3 is 20.1 Å². The van der Waals surface area contributed by atoms with Crippen LogP contribution in [0.1, 0.15) is 26.2 Å². The van der Waals surface area contributed by atoms with Crippen LogP contribution in [0.15, 0.2) is 18.2 Å². The molecule has 2 N–H and O–H groups in total. The number of hydrogen-bond donors (Lipinski definition) is 1. The average molecular weight is 296 g/mol. The number of piperidine rings is 1. The first kappa shape index (κ1) is 16.0. The van der Waals surface area contributed by atoms with E-state index in [1.807, 2.05) is 17.9 Å². The monoisotopic (exact) mass is 296 g/mol. The SMILES string of the molecule is CCOCCCOc1ccc(N2CCCC(N)C2)c(F)c1. The molecule has 1 aliphatic rings. The fourth-order valence-corrected chi connectivity index (χ4v) is 2.56. The predicted molar refractivity (Wildman–Crippen MR) is 82.4 cm³/mol. The zero-order chi connectivity index (χ0) is 15.1. The second kappa shape index (κ2) is 8.20. The van der Waals surface area contributed by atoms with Gasteiger partial charge in [-0.15, -0.1) is 0 Å². The zero-order valence-electron chi connectivity index (χ0n) is 12.7. The summed E-state index contributed by atoms with van der Waals surface area (Å²) in [5.41, 5.74) is 6.56. The summed E-state index contributed by atoms with van der Waals surface area (Å²) in [7, 11) is 0. The highest BCUT2D eigenvalue weighted by Gasteiger charge is 2.19. The van der Waals surface area contributed by atoms with Gasteiger partial charge in [-0.05, 0) is 31.9 Å². The lowest BCUT2D eigenvalue weighted by atomic mass is 10.1. The van der Waals surface area contributed by atoms with E-state index in [9.17, 15) is 4.39 Å². The van der Waals surface area contributed by atoms with Gasteiger partial charge in [-0.25, -0.2) is 4.39 Å². The van der Waals surface area contributed by atoms with E-state index >= 15 is 0 Å². The van der Waals surface area contributed by atoms with E-state index < -0.39 is 0 Å². The summed E-state index contributed by atoms with van der Waals surface area (Å²) in [6.45, 7) is 5.45. The Kier molecular flexibility index (Phi) is 6.26. The van der Waals surface area contributed by atoms with Gasteiger partial charge in [-0.2, -0.15) is 0 Å². The molecule has 0 aromatic heterocycles. The maximum atomic E-state index is 14.2. The van der Waals surface area contributed by atoms with Crippen molar-refractivity contribution in [3.05, 3.63) is 24.0 Å². The molecule has 1 heterocycles. The van der Waals surface area contributed by atoms with E-state index in [2.05, 4.69) is 0 Å². The molecule has 1 aromatic carbocycles. The average Bonchev–Trinajstić information content (AvgIpc) is 2.47. The second-order valence-corrected chi connectivity index (χ2v) is 5.36. The molecule has 0 aliphatic carbocycles. The third kappa shape index (κ3) is 4.86. The van der Waals surface area contributed by atoms with E-state index in [1.54, 1.807) is 6.07 Å². The van der Waals surface area contributed by atoms with Crippen LogP contribution in [0, 0.1) is 5.82 Å². The molecule has 1 aromatic rings. The summed E-state index contributed by atoms with van der Waals surface area (Å²) < 4.78 is 25.0. The van der Waals surface area contributed by atoms with Crippen LogP contribution >= 0.6 is 0 Å². The fourth-order valence-electron chi connectivity index (χ4n) is 2.56. The standard InChI is InChI=1S/C16H25FN2O2/c1-2-20-9-4-10-21-14-6-7-16(15(17)11-14)19-8-3-5-13(18)12-19/h6-7,11,13H,2-5,8-10,12,18H2,1H3. The van der Waals surface area contributed by atoms with Crippen molar-refractivity contribution >= 4 is 5.69 Å². The van der Waals surface area contributed by atoms with Gasteiger partial charge in [0, 0.05) is 44.8 Å². The first-order chi connectivity index (χ1) is 10.2. The van der Waals surface area contributed by atoms with E-state index in [0.29, 0.717) is 37.8 Å². The number of benzene rings is 1. The van der Waals surface area contributed by atoms with E-state index in [-0.39, 0.29) is 11.9 Å². The molecule has 1 aliphatic heterocycles. The molecule has 0 amide bonds. The molecule has 0 bridgehead atoms. The van der Waals surface area contributed by atoms with Crippen LogP contribution < -0.4 is 15.4 Å². The minimum atomic E-state index is -0.244. The Morgan fingerprint density at radius 2 is 2.24 bits per heavy atom. The summed E-state index contributed by atoms with van der Waals surface area (Å²) in [6.07, 6.45) is 2.83. The Hall–Kier alpha value is -1.33. The summed E-state index contributed by atoms with van der Waals surface area (Å²) in [6, 6.07) is 5.19. The molecule has 0 spiro atoms. The van der Waals surface area contributed by atoms with Gasteiger partial charge >= 0.3 is 0 Å². The van der Waals surface area contributed by atoms with Crippen molar-refractivity contribution in [2.75, 3.05) is 37.8 Å². The van der Waals surface area contributed by atoms with Gasteiger partial charge in [0.15, 0.2) is 0 Å². The van der Waals surface area contributed by atoms with E-state index in [0.717, 1.165) is 25.8 Å². The number of hydrogen-bond acceptors (Lipinski definition) is 4. The lowest BCUT2D eigenvalue weighted by Crippen LogP contribution is -2.43. The van der Waals surface area contributed by atoms with Gasteiger partial charge in [-0.3, -0.25) is 0 Å². The van der Waals surface area contributed by atoms with Gasteiger partial charge in [0.2, 0.25) is 0 Å². The summed E-state index contributed by atoms with van der Waals surface area (Å²) in [4.78, 5) is 2.02. The minimum absolute atomic E-state index is 0.132. The molecular formula is C16H25FN2O2. The first-order valence-corrected chi connectivity index (χ1v) is 7.71. The van der Waals surface area contributed by atoms with Crippen LogP contribution in [0.3, 0.4) is 0 Å². The van der Waals surface area contributed by atoms with Crippen molar-refractivity contribution < 1.29 is 13.9 Å². The molecular weight excluding hydrogens is 271 g/mol. The number of anilines is 1. The third-order valence-electron chi connectivity index (χ3n) is 3.62. The molecule has 1 saturated heterocycles. The second-order valence-electron chi connectivity index (χ2n) is 5.36. The third-order valence-corrected chi connectivity index (χ3v) is 3.62. The highest BCUT2D eigenvalue weighted by Crippen LogP contribution is 2.26. The summed E-state index contributed by atoms with van der Waals surface area (Å²) in [5.74, 6) is 0.320. The first-order valence-electron chi connectivity index (χ1n) is 7.71. The van der Waals surface area contributed by atoms with Crippen molar-refractivity contribution in [1.82, 2.24) is 0 Å². The molecule has 21 heavy (non-hydrogen) atoms. The fraction of sp³-hybridized carbons (Fsp3) is 0.625. The van der Waals surface area contributed by atoms with Crippen molar-refractivity contribution in [3.8, 4) is 5.75 Å². The van der Waals surface area contributed by atoms with Gasteiger partial charge in [0.05, 0.1) is 12.3 Å². The van der Waals surface area contributed by atoms with Crippen molar-refractivity contribution in [3.63, 3.8) is 0 Å². The van der Waals surface area contributed by atoms with Gasteiger partial charge in [0.25, 0.3) is 0 Å². The van der Waals surface area contributed by atoms with Gasteiger partial charge in [-0.1, -0.05) is 0 Å². The number of rotatable bonds is 7. The highest BCUT2D eigenvalue weighted by molar-refractivity contribution is 5.51. The number of nitrogens with two attached hydrogens (primary N) is 1. The topological polar surface area (TPSA) is 47.7 Å². The molecule has 1 unspecified atom stereocenters. The normalized spacial score (nSPS) is 18.8. The lowest BCUT2D eigenvalue weighted by Gasteiger charge is -2.32. The summed E-state index contributed by atoms with van der Waals surface area (Å²) in [5, 5.41) is 0. The predicted octanol–water partition coefficient (Wildman–Crippen LogP) is 2.56. The molecule has 0 radical (unpaired) electrons. The Bertz CT molecular complexity index is 442. The molecule has 2 rings (SSSR count). The van der Waals surface area contributed by atoms with Crippen molar-refractivity contribution in [1.29, 1.82) is 0 Å². The molecule has 4 nitrogen and oxygen atoms in total. The Morgan fingerprint density at radius 1 is 1.38 bits per heavy atom. The smallest absolute Gasteiger partial charge is 0.150 e. The molecule has 1 atom stereocenters. The zero-order valence-corrected chi connectivity index (χ0v) is 12.7. The van der Waals surface area contributed by atoms with Crippen molar-refractivity contribution in [2.45, 2.75) is 32.2 Å². The number of halogens is 1. The van der Waals surface area contributed by atoms with Crippen LogP contribution in [0.4, 0.5) is 10.1 Å². The lowest BCUT2D eigenvalue weighted by molar-refractivity contribution is 0.131. The molecule has 118 valence electrons. The van der Waals surface area contributed by atoms with E-state index in [4.69, 9.17) is 15.2 Å². The molecule has 1 fully saturated rings. The quantitative estimate of drug-likeness (QED) is 0.786. The van der Waals surface area contributed by atoms with Crippen molar-refractivity contribution in [2.24, 2.45) is 5.73 Å². The Balaban J connectivity index is 1.88. The van der Waals surface area contributed by atoms with Crippen LogP contribution in [-0.4, -0.2) is 39.0 Å². The van der Waals surface area contributed by atoms with Gasteiger partial charge in [0.1, 0.15) is 11.6 Å². The van der Waals surface area contributed by atoms with Crippen LogP contribution in [0.5, 0.6) is 5.75 Å². The summed E-state index contributed by atoms with van der Waals surface area (Å²) >= 11 is 0. The highest BCUT2D eigenvalue weighted by atomic mass is 19.1. The van der Waals surface area contributed by atoms with Crippen LogP contribution in [-0.2, 0) is 4.74 Å². The number of nitrogens with zero attached hydrogens (tertiary/aromatic N) is 1. The molecule has 0 saturated carbocycles. The maximum absolute atomic E-state index is 14.2.